The molecule has 3 amide bonds. The van der Waals surface area contributed by atoms with Crippen LogP contribution in [-0.4, -0.2) is 42.1 Å². The fraction of sp³-hybridized carbons (Fsp3) is 0.769. The van der Waals surface area contributed by atoms with Gasteiger partial charge < -0.3 is 21.1 Å². The predicted octanol–water partition coefficient (Wildman–Crippen LogP) is 0.311. The van der Waals surface area contributed by atoms with Crippen LogP contribution in [0, 0.1) is 11.8 Å². The number of carbonyl (C=O) groups is 3. The molecule has 1 fully saturated rings. The number of aliphatic carboxylic acids is 1. The van der Waals surface area contributed by atoms with E-state index in [1.54, 1.807) is 0 Å². The summed E-state index contributed by atoms with van der Waals surface area (Å²) in [6.45, 7) is 4.41. The Balaban J connectivity index is 2.24. The molecule has 1 saturated carbocycles. The maximum absolute atomic E-state index is 11.6. The second-order valence-corrected chi connectivity index (χ2v) is 5.57. The zero-order valence-electron chi connectivity index (χ0n) is 11.9. The van der Waals surface area contributed by atoms with E-state index in [4.69, 9.17) is 5.11 Å². The largest absolute Gasteiger partial charge is 0.481 e. The van der Waals surface area contributed by atoms with Crippen LogP contribution in [0.15, 0.2) is 0 Å². The highest BCUT2D eigenvalue weighted by Crippen LogP contribution is 2.33. The van der Waals surface area contributed by atoms with Crippen molar-refractivity contribution < 1.29 is 19.5 Å². The molecule has 1 aliphatic rings. The van der Waals surface area contributed by atoms with Crippen LogP contribution in [0.3, 0.4) is 0 Å². The van der Waals surface area contributed by atoms with Crippen LogP contribution < -0.4 is 16.0 Å². The van der Waals surface area contributed by atoms with Crippen LogP contribution >= 0.6 is 0 Å². The molecular weight excluding hydrogens is 262 g/mol. The summed E-state index contributed by atoms with van der Waals surface area (Å²) in [5.74, 6) is -0.596. The number of carboxylic acid groups (broad SMARTS) is 1. The molecule has 1 aliphatic carbocycles. The van der Waals surface area contributed by atoms with E-state index in [-0.39, 0.29) is 30.8 Å². The molecule has 1 unspecified atom stereocenters. The van der Waals surface area contributed by atoms with Crippen molar-refractivity contribution in [1.29, 1.82) is 0 Å². The molecule has 20 heavy (non-hydrogen) atoms. The van der Waals surface area contributed by atoms with Crippen molar-refractivity contribution in [1.82, 2.24) is 16.0 Å². The first-order valence-electron chi connectivity index (χ1n) is 6.91. The lowest BCUT2D eigenvalue weighted by Crippen LogP contribution is -2.47. The van der Waals surface area contributed by atoms with Crippen molar-refractivity contribution in [3.05, 3.63) is 0 Å². The van der Waals surface area contributed by atoms with E-state index in [9.17, 15) is 14.4 Å². The van der Waals surface area contributed by atoms with Gasteiger partial charge in [-0.05, 0) is 24.7 Å². The lowest BCUT2D eigenvalue weighted by molar-refractivity contribution is -0.137. The van der Waals surface area contributed by atoms with E-state index in [1.165, 1.54) is 0 Å². The molecule has 0 heterocycles. The first-order valence-corrected chi connectivity index (χ1v) is 6.91. The molecule has 0 aromatic rings. The van der Waals surface area contributed by atoms with Crippen molar-refractivity contribution in [3.63, 3.8) is 0 Å². The molecule has 0 aromatic carbocycles. The van der Waals surface area contributed by atoms with E-state index < -0.39 is 12.0 Å². The van der Waals surface area contributed by atoms with Gasteiger partial charge in [0.1, 0.15) is 0 Å². The molecule has 0 bridgehead atoms. The Morgan fingerprint density at radius 3 is 2.35 bits per heavy atom. The van der Waals surface area contributed by atoms with Crippen molar-refractivity contribution >= 4 is 17.9 Å². The van der Waals surface area contributed by atoms with Gasteiger partial charge in [0.15, 0.2) is 0 Å². The van der Waals surface area contributed by atoms with Crippen LogP contribution in [-0.2, 0) is 9.59 Å². The highest BCUT2D eigenvalue weighted by molar-refractivity contribution is 5.84. The van der Waals surface area contributed by atoms with Gasteiger partial charge in [-0.1, -0.05) is 13.8 Å². The zero-order valence-corrected chi connectivity index (χ0v) is 11.9. The summed E-state index contributed by atoms with van der Waals surface area (Å²) in [6, 6.07) is -0.853. The smallest absolute Gasteiger partial charge is 0.315 e. The van der Waals surface area contributed by atoms with E-state index in [0.29, 0.717) is 12.5 Å². The molecule has 4 N–H and O–H groups in total. The minimum absolute atomic E-state index is 0.0857. The van der Waals surface area contributed by atoms with Gasteiger partial charge in [-0.25, -0.2) is 4.79 Å². The fourth-order valence-corrected chi connectivity index (χ4v) is 1.78. The first-order chi connectivity index (χ1) is 9.38. The Hall–Kier alpha value is -1.79. The van der Waals surface area contributed by atoms with Gasteiger partial charge >= 0.3 is 12.0 Å². The van der Waals surface area contributed by atoms with Gasteiger partial charge in [-0.15, -0.1) is 0 Å². The standard InChI is InChI=1S/C13H23N3O4/c1-8(2)6-14-11(17)7-15-13(20)16-10(5-12(18)19)9-3-4-9/h8-10H,3-7H2,1-2H3,(H,14,17)(H,18,19)(H2,15,16,20). The minimum atomic E-state index is -0.933. The Kier molecular flexibility index (Phi) is 6.27. The average Bonchev–Trinajstić information content (AvgIpc) is 3.16. The third kappa shape index (κ3) is 6.96. The third-order valence-corrected chi connectivity index (χ3v) is 3.02. The maximum atomic E-state index is 11.6. The minimum Gasteiger partial charge on any atom is -0.481 e. The summed E-state index contributed by atoms with van der Waals surface area (Å²) in [7, 11) is 0. The Labute approximate surface area is 118 Å². The number of urea groups is 1. The number of amides is 3. The van der Waals surface area contributed by atoms with Gasteiger partial charge in [-0.3, -0.25) is 9.59 Å². The number of hydrogen-bond donors (Lipinski definition) is 4. The second kappa shape index (κ2) is 7.72. The summed E-state index contributed by atoms with van der Waals surface area (Å²) in [5, 5.41) is 16.5. The van der Waals surface area contributed by atoms with Crippen LogP contribution in [0.5, 0.6) is 0 Å². The molecule has 1 rings (SSSR count). The first kappa shape index (κ1) is 16.3. The molecule has 7 heteroatoms. The molecule has 114 valence electrons. The topological polar surface area (TPSA) is 108 Å². The summed E-state index contributed by atoms with van der Waals surface area (Å²) in [4.78, 5) is 33.7. The normalized spacial score (nSPS) is 15.6. The number of carboxylic acids is 1. The summed E-state index contributed by atoms with van der Waals surface area (Å²) >= 11 is 0. The van der Waals surface area contributed by atoms with Crippen molar-refractivity contribution in [3.8, 4) is 0 Å². The lowest BCUT2D eigenvalue weighted by atomic mass is 10.1. The Bertz CT molecular complexity index is 367. The van der Waals surface area contributed by atoms with E-state index in [0.717, 1.165) is 12.8 Å². The van der Waals surface area contributed by atoms with Crippen molar-refractivity contribution in [2.24, 2.45) is 11.8 Å². The molecule has 1 atom stereocenters. The second-order valence-electron chi connectivity index (χ2n) is 5.57. The van der Waals surface area contributed by atoms with Gasteiger partial charge in [0, 0.05) is 12.6 Å². The predicted molar refractivity (Wildman–Crippen MR) is 73.1 cm³/mol. The van der Waals surface area contributed by atoms with Crippen LogP contribution in [0.1, 0.15) is 33.1 Å². The SMILES string of the molecule is CC(C)CNC(=O)CNC(=O)NC(CC(=O)O)C1CC1. The molecule has 0 spiro atoms. The van der Waals surface area contributed by atoms with Crippen molar-refractivity contribution in [2.45, 2.75) is 39.2 Å². The maximum Gasteiger partial charge on any atom is 0.315 e. The fourth-order valence-electron chi connectivity index (χ4n) is 1.78. The summed E-state index contributed by atoms with van der Waals surface area (Å²) < 4.78 is 0. The zero-order chi connectivity index (χ0) is 15.1. The molecule has 0 aromatic heterocycles. The molecule has 0 aliphatic heterocycles. The number of carbonyl (C=O) groups excluding carboxylic acids is 2. The highest BCUT2D eigenvalue weighted by atomic mass is 16.4. The third-order valence-electron chi connectivity index (χ3n) is 3.02. The number of nitrogens with one attached hydrogen (secondary N) is 3. The van der Waals surface area contributed by atoms with Crippen LogP contribution in [0.25, 0.3) is 0 Å². The average molecular weight is 285 g/mol. The monoisotopic (exact) mass is 285 g/mol. The molecule has 0 radical (unpaired) electrons. The Morgan fingerprint density at radius 2 is 1.85 bits per heavy atom. The van der Waals surface area contributed by atoms with E-state index in [2.05, 4.69) is 16.0 Å². The molecular formula is C13H23N3O4. The van der Waals surface area contributed by atoms with E-state index in [1.807, 2.05) is 13.8 Å². The lowest BCUT2D eigenvalue weighted by Gasteiger charge is -2.16. The highest BCUT2D eigenvalue weighted by Gasteiger charge is 2.33. The van der Waals surface area contributed by atoms with Gasteiger partial charge in [0.05, 0.1) is 13.0 Å². The van der Waals surface area contributed by atoms with Crippen LogP contribution in [0.4, 0.5) is 4.79 Å². The quantitative estimate of drug-likeness (QED) is 0.515. The van der Waals surface area contributed by atoms with Gasteiger partial charge in [-0.2, -0.15) is 0 Å². The van der Waals surface area contributed by atoms with Gasteiger partial charge in [0.2, 0.25) is 5.91 Å². The molecule has 0 saturated heterocycles. The summed E-state index contributed by atoms with van der Waals surface area (Å²) in [5.41, 5.74) is 0. The van der Waals surface area contributed by atoms with Gasteiger partial charge in [0.25, 0.3) is 0 Å². The van der Waals surface area contributed by atoms with E-state index >= 15 is 0 Å². The number of hydrogen-bond acceptors (Lipinski definition) is 3. The molecule has 7 nitrogen and oxygen atoms in total. The van der Waals surface area contributed by atoms with Crippen molar-refractivity contribution in [2.75, 3.05) is 13.1 Å². The summed E-state index contributed by atoms with van der Waals surface area (Å²) in [6.07, 6.45) is 1.79. The number of rotatable bonds is 8. The Morgan fingerprint density at radius 1 is 1.20 bits per heavy atom. The van der Waals surface area contributed by atoms with Crippen LogP contribution in [0.2, 0.25) is 0 Å².